The van der Waals surface area contributed by atoms with Gasteiger partial charge in [0.1, 0.15) is 0 Å². The third-order valence-corrected chi connectivity index (χ3v) is 2.30. The largest absolute Gasteiger partial charge is 0.381 e. The molecule has 0 amide bonds. The molecule has 1 aliphatic carbocycles. The summed E-state index contributed by atoms with van der Waals surface area (Å²) in [6, 6.07) is 2.89. The number of aromatic nitrogens is 1. The van der Waals surface area contributed by atoms with Crippen molar-refractivity contribution in [3.05, 3.63) is 18.0 Å². The van der Waals surface area contributed by atoms with Gasteiger partial charge in [0.25, 0.3) is 0 Å². The summed E-state index contributed by atoms with van der Waals surface area (Å²) in [5.41, 5.74) is 2.47. The van der Waals surface area contributed by atoms with Gasteiger partial charge >= 0.3 is 0 Å². The molecule has 0 aliphatic heterocycles. The van der Waals surface area contributed by atoms with Gasteiger partial charge in [-0.05, 0) is 32.3 Å². The van der Waals surface area contributed by atoms with Crippen molar-refractivity contribution in [3.8, 4) is 0 Å². The predicted molar refractivity (Wildman–Crippen MR) is 46.8 cm³/mol. The van der Waals surface area contributed by atoms with Crippen LogP contribution in [0, 0.1) is 6.92 Å². The van der Waals surface area contributed by atoms with Gasteiger partial charge in [0, 0.05) is 17.9 Å². The SMILES string of the molecule is Cc1cc(NC2CCC2)c[nH]1. The zero-order valence-electron chi connectivity index (χ0n) is 6.85. The van der Waals surface area contributed by atoms with Crippen LogP contribution in [0.5, 0.6) is 0 Å². The van der Waals surface area contributed by atoms with Gasteiger partial charge < -0.3 is 10.3 Å². The Balaban J connectivity index is 1.95. The number of anilines is 1. The molecule has 0 spiro atoms. The maximum atomic E-state index is 3.47. The molecule has 1 fully saturated rings. The van der Waals surface area contributed by atoms with Crippen LogP contribution in [0.3, 0.4) is 0 Å². The topological polar surface area (TPSA) is 27.8 Å². The molecule has 2 heteroatoms. The first kappa shape index (κ1) is 6.77. The molecule has 1 saturated carbocycles. The van der Waals surface area contributed by atoms with E-state index in [0.717, 1.165) is 6.04 Å². The summed E-state index contributed by atoms with van der Waals surface area (Å²) in [4.78, 5) is 3.16. The van der Waals surface area contributed by atoms with Crippen molar-refractivity contribution in [2.24, 2.45) is 0 Å². The van der Waals surface area contributed by atoms with Crippen molar-refractivity contribution in [3.63, 3.8) is 0 Å². The van der Waals surface area contributed by atoms with Crippen LogP contribution < -0.4 is 5.32 Å². The monoisotopic (exact) mass is 150 g/mol. The Morgan fingerprint density at radius 3 is 2.82 bits per heavy atom. The van der Waals surface area contributed by atoms with Crippen LogP contribution in [-0.2, 0) is 0 Å². The molecule has 0 bridgehead atoms. The number of hydrogen-bond donors (Lipinski definition) is 2. The van der Waals surface area contributed by atoms with Gasteiger partial charge in [-0.1, -0.05) is 0 Å². The Bertz CT molecular complexity index is 235. The highest BCUT2D eigenvalue weighted by Gasteiger charge is 2.16. The van der Waals surface area contributed by atoms with Crippen molar-refractivity contribution < 1.29 is 0 Å². The number of hydrogen-bond acceptors (Lipinski definition) is 1. The highest BCUT2D eigenvalue weighted by Crippen LogP contribution is 2.23. The summed E-state index contributed by atoms with van der Waals surface area (Å²) in [6.07, 6.45) is 6.10. The van der Waals surface area contributed by atoms with Crippen molar-refractivity contribution in [1.29, 1.82) is 0 Å². The molecular weight excluding hydrogens is 136 g/mol. The van der Waals surface area contributed by atoms with Crippen LogP contribution in [0.1, 0.15) is 25.0 Å². The van der Waals surface area contributed by atoms with Crippen LogP contribution in [0.4, 0.5) is 5.69 Å². The fourth-order valence-electron chi connectivity index (χ4n) is 1.38. The third kappa shape index (κ3) is 1.39. The van der Waals surface area contributed by atoms with Crippen LogP contribution in [0.2, 0.25) is 0 Å². The Morgan fingerprint density at radius 1 is 1.55 bits per heavy atom. The van der Waals surface area contributed by atoms with Gasteiger partial charge in [0.2, 0.25) is 0 Å². The molecule has 0 aromatic carbocycles. The first-order valence-electron chi connectivity index (χ1n) is 4.26. The van der Waals surface area contributed by atoms with E-state index in [9.17, 15) is 0 Å². The molecule has 1 aromatic rings. The summed E-state index contributed by atoms with van der Waals surface area (Å²) < 4.78 is 0. The normalized spacial score (nSPS) is 17.9. The van der Waals surface area contributed by atoms with Crippen LogP contribution in [0.25, 0.3) is 0 Å². The third-order valence-electron chi connectivity index (χ3n) is 2.30. The molecule has 1 aromatic heterocycles. The summed E-state index contributed by atoms with van der Waals surface area (Å²) in [5.74, 6) is 0. The predicted octanol–water partition coefficient (Wildman–Crippen LogP) is 2.29. The van der Waals surface area contributed by atoms with Gasteiger partial charge in [-0.3, -0.25) is 0 Å². The lowest BCUT2D eigenvalue weighted by Crippen LogP contribution is -2.26. The first-order chi connectivity index (χ1) is 5.34. The van der Waals surface area contributed by atoms with E-state index < -0.39 is 0 Å². The van der Waals surface area contributed by atoms with E-state index in [-0.39, 0.29) is 0 Å². The molecule has 0 atom stereocenters. The molecule has 0 radical (unpaired) electrons. The lowest BCUT2D eigenvalue weighted by Gasteiger charge is -2.26. The zero-order chi connectivity index (χ0) is 7.68. The van der Waals surface area contributed by atoms with Crippen LogP contribution >= 0.6 is 0 Å². The molecule has 2 N–H and O–H groups in total. The fraction of sp³-hybridized carbons (Fsp3) is 0.556. The molecule has 2 nitrogen and oxygen atoms in total. The van der Waals surface area contributed by atoms with Gasteiger partial charge in [0.15, 0.2) is 0 Å². The van der Waals surface area contributed by atoms with E-state index in [1.165, 1.54) is 30.6 Å². The quantitative estimate of drug-likeness (QED) is 0.665. The maximum Gasteiger partial charge on any atom is 0.0522 e. The average molecular weight is 150 g/mol. The maximum absolute atomic E-state index is 3.47. The van der Waals surface area contributed by atoms with Crippen molar-refractivity contribution in [1.82, 2.24) is 4.98 Å². The van der Waals surface area contributed by atoms with Crippen molar-refractivity contribution in [2.75, 3.05) is 5.32 Å². The Morgan fingerprint density at radius 2 is 2.36 bits per heavy atom. The minimum absolute atomic E-state index is 0.741. The second kappa shape index (κ2) is 2.61. The van der Waals surface area contributed by atoms with Gasteiger partial charge in [0.05, 0.1) is 5.69 Å². The number of H-pyrrole nitrogens is 1. The van der Waals surface area contributed by atoms with E-state index in [0.29, 0.717) is 0 Å². The van der Waals surface area contributed by atoms with Gasteiger partial charge in [-0.25, -0.2) is 0 Å². The summed E-state index contributed by atoms with van der Waals surface area (Å²) in [7, 11) is 0. The number of rotatable bonds is 2. The first-order valence-corrected chi connectivity index (χ1v) is 4.26. The Hall–Kier alpha value is -0.920. The molecule has 0 saturated heterocycles. The van der Waals surface area contributed by atoms with Crippen molar-refractivity contribution in [2.45, 2.75) is 32.2 Å². The summed E-state index contributed by atoms with van der Waals surface area (Å²) >= 11 is 0. The minimum Gasteiger partial charge on any atom is -0.381 e. The number of nitrogens with one attached hydrogen (secondary N) is 2. The summed E-state index contributed by atoms with van der Waals surface area (Å²) in [6.45, 7) is 2.08. The smallest absolute Gasteiger partial charge is 0.0522 e. The lowest BCUT2D eigenvalue weighted by molar-refractivity contribution is 0.445. The molecule has 1 aliphatic rings. The van der Waals surface area contributed by atoms with E-state index >= 15 is 0 Å². The molecule has 60 valence electrons. The van der Waals surface area contributed by atoms with Crippen LogP contribution in [0.15, 0.2) is 12.3 Å². The highest BCUT2D eigenvalue weighted by molar-refractivity contribution is 5.44. The number of aromatic amines is 1. The second-order valence-corrected chi connectivity index (χ2v) is 3.34. The zero-order valence-corrected chi connectivity index (χ0v) is 6.85. The Labute approximate surface area is 67.0 Å². The lowest BCUT2D eigenvalue weighted by atomic mass is 9.93. The molecule has 1 heterocycles. The minimum atomic E-state index is 0.741. The van der Waals surface area contributed by atoms with E-state index in [1.54, 1.807) is 0 Å². The van der Waals surface area contributed by atoms with Gasteiger partial charge in [-0.2, -0.15) is 0 Å². The molecular formula is C9H14N2. The number of aryl methyl sites for hydroxylation is 1. The van der Waals surface area contributed by atoms with E-state index in [4.69, 9.17) is 0 Å². The van der Waals surface area contributed by atoms with E-state index in [1.807, 2.05) is 6.20 Å². The Kier molecular flexibility index (Phi) is 1.60. The summed E-state index contributed by atoms with van der Waals surface area (Å²) in [5, 5.41) is 3.47. The molecule has 2 rings (SSSR count). The average Bonchev–Trinajstić information content (AvgIpc) is 2.27. The molecule has 0 unspecified atom stereocenters. The molecule has 11 heavy (non-hydrogen) atoms. The second-order valence-electron chi connectivity index (χ2n) is 3.34. The van der Waals surface area contributed by atoms with Crippen molar-refractivity contribution >= 4 is 5.69 Å². The standard InChI is InChI=1S/C9H14N2/c1-7-5-9(6-10-7)11-8-3-2-4-8/h5-6,8,10-11H,2-4H2,1H3. The van der Waals surface area contributed by atoms with Gasteiger partial charge in [-0.15, -0.1) is 0 Å². The van der Waals surface area contributed by atoms with Crippen LogP contribution in [-0.4, -0.2) is 11.0 Å². The van der Waals surface area contributed by atoms with E-state index in [2.05, 4.69) is 23.3 Å². The fourth-order valence-corrected chi connectivity index (χ4v) is 1.38. The highest BCUT2D eigenvalue weighted by atomic mass is 14.9.